The van der Waals surface area contributed by atoms with E-state index in [0.717, 1.165) is 12.8 Å². The van der Waals surface area contributed by atoms with Crippen molar-refractivity contribution in [2.75, 3.05) is 0 Å². The third-order valence-corrected chi connectivity index (χ3v) is 2.55. The van der Waals surface area contributed by atoms with Crippen LogP contribution in [0.1, 0.15) is 40.5 Å². The molecule has 1 atom stereocenters. The van der Waals surface area contributed by atoms with Gasteiger partial charge in [0.15, 0.2) is 0 Å². The summed E-state index contributed by atoms with van der Waals surface area (Å²) in [5.41, 5.74) is 5.19. The van der Waals surface area contributed by atoms with Gasteiger partial charge in [0.2, 0.25) is 5.91 Å². The Bertz CT molecular complexity index is 153. The number of rotatable bonds is 5. The standard InChI is InChI=1S/C9H20N2O/c1-5-9(4,6-2)11-7(3)8(10)12/h7,11H,5-6H2,1-4H3,(H2,10,12). The molecule has 0 aliphatic heterocycles. The Morgan fingerprint density at radius 2 is 1.92 bits per heavy atom. The number of carbonyl (C=O) groups excluding carboxylic acids is 1. The lowest BCUT2D eigenvalue weighted by molar-refractivity contribution is -0.120. The molecule has 0 spiro atoms. The van der Waals surface area contributed by atoms with Gasteiger partial charge in [-0.2, -0.15) is 0 Å². The smallest absolute Gasteiger partial charge is 0.234 e. The molecular weight excluding hydrogens is 152 g/mol. The molecule has 0 saturated heterocycles. The first-order valence-electron chi connectivity index (χ1n) is 4.52. The van der Waals surface area contributed by atoms with Gasteiger partial charge in [0.05, 0.1) is 6.04 Å². The molecule has 72 valence electrons. The number of nitrogens with two attached hydrogens (primary N) is 1. The van der Waals surface area contributed by atoms with Crippen molar-refractivity contribution in [1.29, 1.82) is 0 Å². The van der Waals surface area contributed by atoms with Gasteiger partial charge in [-0.15, -0.1) is 0 Å². The molecule has 0 heterocycles. The van der Waals surface area contributed by atoms with E-state index < -0.39 is 0 Å². The summed E-state index contributed by atoms with van der Waals surface area (Å²) in [6.45, 7) is 8.10. The predicted octanol–water partition coefficient (Wildman–Crippen LogP) is 1.03. The van der Waals surface area contributed by atoms with Gasteiger partial charge in [-0.05, 0) is 26.7 Å². The first-order chi connectivity index (χ1) is 5.45. The number of nitrogens with one attached hydrogen (secondary N) is 1. The highest BCUT2D eigenvalue weighted by Crippen LogP contribution is 2.14. The van der Waals surface area contributed by atoms with Crippen LogP contribution in [0.3, 0.4) is 0 Å². The Kier molecular flexibility index (Phi) is 4.24. The zero-order valence-corrected chi connectivity index (χ0v) is 8.48. The average molecular weight is 172 g/mol. The second kappa shape index (κ2) is 4.45. The normalized spacial score (nSPS) is 14.3. The highest BCUT2D eigenvalue weighted by atomic mass is 16.1. The Morgan fingerprint density at radius 1 is 1.50 bits per heavy atom. The van der Waals surface area contributed by atoms with E-state index in [1.54, 1.807) is 6.92 Å². The van der Waals surface area contributed by atoms with E-state index in [2.05, 4.69) is 26.1 Å². The van der Waals surface area contributed by atoms with Gasteiger partial charge in [-0.25, -0.2) is 0 Å². The van der Waals surface area contributed by atoms with Crippen LogP contribution in [0.15, 0.2) is 0 Å². The van der Waals surface area contributed by atoms with Gasteiger partial charge >= 0.3 is 0 Å². The zero-order chi connectivity index (χ0) is 9.78. The number of amides is 1. The average Bonchev–Trinajstić information content (AvgIpc) is 2.04. The largest absolute Gasteiger partial charge is 0.368 e. The predicted molar refractivity (Wildman–Crippen MR) is 50.8 cm³/mol. The molecule has 0 radical (unpaired) electrons. The molecule has 0 saturated carbocycles. The lowest BCUT2D eigenvalue weighted by Crippen LogP contribution is -2.51. The molecule has 1 amide bonds. The van der Waals surface area contributed by atoms with Crippen molar-refractivity contribution in [2.45, 2.75) is 52.1 Å². The van der Waals surface area contributed by atoms with Crippen LogP contribution in [0.4, 0.5) is 0 Å². The lowest BCUT2D eigenvalue weighted by atomic mass is 9.94. The maximum Gasteiger partial charge on any atom is 0.234 e. The SMILES string of the molecule is CCC(C)(CC)NC(C)C(N)=O. The van der Waals surface area contributed by atoms with Crippen molar-refractivity contribution >= 4 is 5.91 Å². The summed E-state index contributed by atoms with van der Waals surface area (Å²) < 4.78 is 0. The van der Waals surface area contributed by atoms with Crippen molar-refractivity contribution in [3.63, 3.8) is 0 Å². The Morgan fingerprint density at radius 3 is 2.17 bits per heavy atom. The monoisotopic (exact) mass is 172 g/mol. The van der Waals surface area contributed by atoms with Crippen LogP contribution < -0.4 is 11.1 Å². The van der Waals surface area contributed by atoms with Crippen LogP contribution in [-0.4, -0.2) is 17.5 Å². The fraction of sp³-hybridized carbons (Fsp3) is 0.889. The van der Waals surface area contributed by atoms with Crippen LogP contribution in [0.2, 0.25) is 0 Å². The minimum absolute atomic E-state index is 0.0362. The summed E-state index contributed by atoms with van der Waals surface area (Å²) >= 11 is 0. The van der Waals surface area contributed by atoms with Crippen molar-refractivity contribution in [3.8, 4) is 0 Å². The number of carbonyl (C=O) groups is 1. The van der Waals surface area contributed by atoms with Crippen LogP contribution in [-0.2, 0) is 4.79 Å². The van der Waals surface area contributed by atoms with Crippen molar-refractivity contribution in [3.05, 3.63) is 0 Å². The quantitative estimate of drug-likeness (QED) is 0.650. The summed E-state index contributed by atoms with van der Waals surface area (Å²) in [6, 6.07) is -0.241. The fourth-order valence-corrected chi connectivity index (χ4v) is 1.05. The zero-order valence-electron chi connectivity index (χ0n) is 8.48. The molecule has 0 rings (SSSR count). The molecule has 3 N–H and O–H groups in total. The molecule has 3 heteroatoms. The van der Waals surface area contributed by atoms with Crippen LogP contribution in [0.5, 0.6) is 0 Å². The first kappa shape index (κ1) is 11.4. The number of primary amides is 1. The number of hydrogen-bond donors (Lipinski definition) is 2. The minimum Gasteiger partial charge on any atom is -0.368 e. The summed E-state index contributed by atoms with van der Waals surface area (Å²) in [5.74, 6) is -0.289. The molecule has 0 aromatic heterocycles. The van der Waals surface area contributed by atoms with E-state index in [-0.39, 0.29) is 17.5 Å². The number of hydrogen-bond acceptors (Lipinski definition) is 2. The highest BCUT2D eigenvalue weighted by Gasteiger charge is 2.23. The molecule has 3 nitrogen and oxygen atoms in total. The van der Waals surface area contributed by atoms with Crippen molar-refractivity contribution in [1.82, 2.24) is 5.32 Å². The van der Waals surface area contributed by atoms with E-state index in [1.165, 1.54) is 0 Å². The van der Waals surface area contributed by atoms with Gasteiger partial charge in [0.25, 0.3) is 0 Å². The van der Waals surface area contributed by atoms with Gasteiger partial charge < -0.3 is 11.1 Å². The Labute approximate surface area is 74.7 Å². The molecule has 0 aromatic rings. The van der Waals surface area contributed by atoms with E-state index in [1.807, 2.05) is 0 Å². The Hall–Kier alpha value is -0.570. The fourth-order valence-electron chi connectivity index (χ4n) is 1.05. The second-order valence-corrected chi connectivity index (χ2v) is 3.54. The lowest BCUT2D eigenvalue weighted by Gasteiger charge is -2.30. The summed E-state index contributed by atoms with van der Waals surface area (Å²) in [7, 11) is 0. The summed E-state index contributed by atoms with van der Waals surface area (Å²) in [6.07, 6.45) is 2.00. The minimum atomic E-state index is -0.289. The highest BCUT2D eigenvalue weighted by molar-refractivity contribution is 5.79. The van der Waals surface area contributed by atoms with Crippen LogP contribution in [0.25, 0.3) is 0 Å². The molecule has 0 fully saturated rings. The maximum atomic E-state index is 10.8. The topological polar surface area (TPSA) is 55.1 Å². The molecule has 0 bridgehead atoms. The van der Waals surface area contributed by atoms with Gasteiger partial charge in [0, 0.05) is 5.54 Å². The molecule has 0 aliphatic carbocycles. The van der Waals surface area contributed by atoms with Crippen molar-refractivity contribution in [2.24, 2.45) is 5.73 Å². The van der Waals surface area contributed by atoms with Gasteiger partial charge in [0.1, 0.15) is 0 Å². The second-order valence-electron chi connectivity index (χ2n) is 3.54. The van der Waals surface area contributed by atoms with E-state index in [9.17, 15) is 4.79 Å². The molecule has 12 heavy (non-hydrogen) atoms. The van der Waals surface area contributed by atoms with Gasteiger partial charge in [-0.3, -0.25) is 4.79 Å². The van der Waals surface area contributed by atoms with Crippen LogP contribution >= 0.6 is 0 Å². The molecule has 0 aliphatic rings. The summed E-state index contributed by atoms with van der Waals surface area (Å²) in [4.78, 5) is 10.8. The van der Waals surface area contributed by atoms with E-state index in [4.69, 9.17) is 5.73 Å². The molecular formula is C9H20N2O. The van der Waals surface area contributed by atoms with E-state index >= 15 is 0 Å². The molecule has 1 unspecified atom stereocenters. The van der Waals surface area contributed by atoms with Gasteiger partial charge in [-0.1, -0.05) is 13.8 Å². The molecule has 0 aromatic carbocycles. The third-order valence-electron chi connectivity index (χ3n) is 2.55. The Balaban J connectivity index is 4.11. The third kappa shape index (κ3) is 3.22. The maximum absolute atomic E-state index is 10.8. The van der Waals surface area contributed by atoms with Crippen molar-refractivity contribution < 1.29 is 4.79 Å². The van der Waals surface area contributed by atoms with Crippen LogP contribution in [0, 0.1) is 0 Å². The first-order valence-corrected chi connectivity index (χ1v) is 4.52. The summed E-state index contributed by atoms with van der Waals surface area (Å²) in [5, 5.41) is 3.22. The van der Waals surface area contributed by atoms with E-state index in [0.29, 0.717) is 0 Å².